The van der Waals surface area contributed by atoms with Crippen LogP contribution in [0, 0.1) is 0 Å². The largest absolute Gasteiger partial charge is 0.477 e. The number of piperazine rings is 1. The van der Waals surface area contributed by atoms with E-state index in [1.54, 1.807) is 0 Å². The summed E-state index contributed by atoms with van der Waals surface area (Å²) in [7, 11) is 0. The van der Waals surface area contributed by atoms with Crippen LogP contribution in [0.5, 0.6) is 0 Å². The average Bonchev–Trinajstić information content (AvgIpc) is 2.87. The molecule has 0 spiro atoms. The third kappa shape index (κ3) is 2.86. The second-order valence-electron chi connectivity index (χ2n) is 4.96. The highest BCUT2D eigenvalue weighted by Crippen LogP contribution is 2.38. The number of thiophene rings is 1. The van der Waals surface area contributed by atoms with Crippen LogP contribution in [0.15, 0.2) is 18.2 Å². The number of aryl methyl sites for hydroxylation is 1. The predicted octanol–water partition coefficient (Wildman–Crippen LogP) is 2.99. The quantitative estimate of drug-likeness (QED) is 0.910. The van der Waals surface area contributed by atoms with Gasteiger partial charge in [-0.25, -0.2) is 4.79 Å². The zero-order valence-electron chi connectivity index (χ0n) is 11.9. The van der Waals surface area contributed by atoms with E-state index in [1.165, 1.54) is 17.0 Å². The Morgan fingerprint density at radius 3 is 2.71 bits per heavy atom. The molecule has 0 amide bonds. The first-order valence-corrected chi connectivity index (χ1v) is 7.77. The van der Waals surface area contributed by atoms with Crippen molar-refractivity contribution >= 4 is 45.5 Å². The van der Waals surface area contributed by atoms with Gasteiger partial charge in [0.15, 0.2) is 0 Å². The Bertz CT molecular complexity index is 650. The maximum atomic E-state index is 11.4. The molecule has 1 fully saturated rings. The van der Waals surface area contributed by atoms with Crippen LogP contribution in [0.4, 0.5) is 5.69 Å². The van der Waals surface area contributed by atoms with Crippen LogP contribution in [0.2, 0.25) is 0 Å². The Hall–Kier alpha value is -1.30. The zero-order chi connectivity index (χ0) is 14.1. The number of carboxylic acid groups (broad SMARTS) is 1. The standard InChI is InChI=1S/C15H18N2O2S.ClH/c1-2-10-13-11(17-8-6-16-7-9-17)4-3-5-12(13)20-14(10)15(18)19;/h3-5,16H,2,6-9H2,1H3,(H,18,19);1H. The zero-order valence-corrected chi connectivity index (χ0v) is 13.5. The summed E-state index contributed by atoms with van der Waals surface area (Å²) in [6.45, 7) is 5.94. The molecular weight excluding hydrogens is 308 g/mol. The van der Waals surface area contributed by atoms with Crippen LogP contribution in [-0.2, 0) is 6.42 Å². The summed E-state index contributed by atoms with van der Waals surface area (Å²) in [5.74, 6) is -0.811. The molecule has 0 aliphatic carbocycles. The molecule has 6 heteroatoms. The summed E-state index contributed by atoms with van der Waals surface area (Å²) in [4.78, 5) is 14.3. The van der Waals surface area contributed by atoms with Gasteiger partial charge in [0.2, 0.25) is 0 Å². The number of halogens is 1. The number of nitrogens with zero attached hydrogens (tertiary/aromatic N) is 1. The topological polar surface area (TPSA) is 52.6 Å². The van der Waals surface area contributed by atoms with Crippen molar-refractivity contribution in [1.82, 2.24) is 5.32 Å². The van der Waals surface area contributed by atoms with Crippen molar-refractivity contribution in [3.63, 3.8) is 0 Å². The van der Waals surface area contributed by atoms with E-state index < -0.39 is 5.97 Å². The number of hydrogen-bond donors (Lipinski definition) is 2. The van der Waals surface area contributed by atoms with Gasteiger partial charge in [-0.2, -0.15) is 0 Å². The lowest BCUT2D eigenvalue weighted by molar-refractivity contribution is 0.0701. The first kappa shape index (κ1) is 16.1. The Balaban J connectivity index is 0.00000161. The number of nitrogens with one attached hydrogen (secondary N) is 1. The molecule has 0 bridgehead atoms. The second-order valence-corrected chi connectivity index (χ2v) is 6.01. The molecular formula is C15H19ClN2O2S. The normalized spacial score (nSPS) is 15.0. The van der Waals surface area contributed by atoms with Crippen molar-refractivity contribution in [2.75, 3.05) is 31.1 Å². The van der Waals surface area contributed by atoms with Crippen LogP contribution < -0.4 is 10.2 Å². The lowest BCUT2D eigenvalue weighted by Crippen LogP contribution is -2.43. The molecule has 1 saturated heterocycles. The predicted molar refractivity (Wildman–Crippen MR) is 90.5 cm³/mol. The molecule has 4 nitrogen and oxygen atoms in total. The Morgan fingerprint density at radius 2 is 2.10 bits per heavy atom. The molecule has 0 unspecified atom stereocenters. The molecule has 0 atom stereocenters. The summed E-state index contributed by atoms with van der Waals surface area (Å²) in [5, 5.41) is 13.9. The summed E-state index contributed by atoms with van der Waals surface area (Å²) in [6.07, 6.45) is 0.755. The van der Waals surface area contributed by atoms with E-state index in [1.807, 2.05) is 19.1 Å². The minimum atomic E-state index is -0.811. The molecule has 0 radical (unpaired) electrons. The van der Waals surface area contributed by atoms with E-state index in [0.717, 1.165) is 48.2 Å². The van der Waals surface area contributed by atoms with Gasteiger partial charge in [-0.15, -0.1) is 23.7 Å². The fourth-order valence-corrected chi connectivity index (χ4v) is 4.03. The van der Waals surface area contributed by atoms with E-state index >= 15 is 0 Å². The van der Waals surface area contributed by atoms with Gasteiger partial charge in [0.25, 0.3) is 0 Å². The average molecular weight is 327 g/mol. The van der Waals surface area contributed by atoms with Gasteiger partial charge in [0.1, 0.15) is 4.88 Å². The Labute approximate surface area is 134 Å². The van der Waals surface area contributed by atoms with Gasteiger partial charge >= 0.3 is 5.97 Å². The van der Waals surface area contributed by atoms with Crippen molar-refractivity contribution in [1.29, 1.82) is 0 Å². The molecule has 2 aromatic rings. The fraction of sp³-hybridized carbons (Fsp3) is 0.400. The maximum absolute atomic E-state index is 11.4. The second kappa shape index (κ2) is 6.64. The number of carbonyl (C=O) groups is 1. The van der Waals surface area contributed by atoms with Crippen LogP contribution in [-0.4, -0.2) is 37.3 Å². The highest BCUT2D eigenvalue weighted by Gasteiger charge is 2.21. The lowest BCUT2D eigenvalue weighted by Gasteiger charge is -2.30. The fourth-order valence-electron chi connectivity index (χ4n) is 2.87. The number of carboxylic acids is 1. The molecule has 1 aliphatic heterocycles. The van der Waals surface area contributed by atoms with Gasteiger partial charge in [-0.05, 0) is 24.1 Å². The summed E-state index contributed by atoms with van der Waals surface area (Å²) in [6, 6.07) is 6.17. The van der Waals surface area contributed by atoms with Gasteiger partial charge in [-0.1, -0.05) is 13.0 Å². The lowest BCUT2D eigenvalue weighted by atomic mass is 10.1. The summed E-state index contributed by atoms with van der Waals surface area (Å²) >= 11 is 1.39. The van der Waals surface area contributed by atoms with Crippen molar-refractivity contribution in [3.8, 4) is 0 Å². The van der Waals surface area contributed by atoms with E-state index in [2.05, 4.69) is 16.3 Å². The van der Waals surface area contributed by atoms with Gasteiger partial charge in [-0.3, -0.25) is 0 Å². The third-order valence-corrected chi connectivity index (χ3v) is 4.98. The van der Waals surface area contributed by atoms with E-state index in [0.29, 0.717) is 4.88 Å². The van der Waals surface area contributed by atoms with Crippen LogP contribution in [0.3, 0.4) is 0 Å². The Morgan fingerprint density at radius 1 is 1.38 bits per heavy atom. The number of rotatable bonds is 3. The monoisotopic (exact) mass is 326 g/mol. The molecule has 2 heterocycles. The minimum absolute atomic E-state index is 0. The summed E-state index contributed by atoms with van der Waals surface area (Å²) in [5.41, 5.74) is 2.16. The number of fused-ring (bicyclic) bond motifs is 1. The van der Waals surface area contributed by atoms with Crippen molar-refractivity contribution < 1.29 is 9.90 Å². The maximum Gasteiger partial charge on any atom is 0.346 e. The van der Waals surface area contributed by atoms with Crippen molar-refractivity contribution in [2.24, 2.45) is 0 Å². The highest BCUT2D eigenvalue weighted by molar-refractivity contribution is 7.21. The molecule has 21 heavy (non-hydrogen) atoms. The molecule has 114 valence electrons. The SMILES string of the molecule is CCc1c(C(=O)O)sc2cccc(N3CCNCC3)c12.Cl. The number of aromatic carboxylic acids is 1. The first-order valence-electron chi connectivity index (χ1n) is 6.95. The smallest absolute Gasteiger partial charge is 0.346 e. The van der Waals surface area contributed by atoms with Crippen LogP contribution in [0.25, 0.3) is 10.1 Å². The number of benzene rings is 1. The third-order valence-electron chi connectivity index (χ3n) is 3.80. The van der Waals surface area contributed by atoms with Crippen molar-refractivity contribution in [2.45, 2.75) is 13.3 Å². The highest BCUT2D eigenvalue weighted by atomic mass is 35.5. The first-order chi connectivity index (χ1) is 9.72. The Kier molecular flexibility index (Phi) is 5.08. The number of anilines is 1. The molecule has 2 N–H and O–H groups in total. The molecule has 1 aromatic heterocycles. The van der Waals surface area contributed by atoms with Crippen molar-refractivity contribution in [3.05, 3.63) is 28.6 Å². The van der Waals surface area contributed by atoms with E-state index in [4.69, 9.17) is 0 Å². The molecule has 1 aliphatic rings. The number of hydrogen-bond acceptors (Lipinski definition) is 4. The van der Waals surface area contributed by atoms with Gasteiger partial charge < -0.3 is 15.3 Å². The van der Waals surface area contributed by atoms with Crippen LogP contribution >= 0.6 is 23.7 Å². The van der Waals surface area contributed by atoms with E-state index in [-0.39, 0.29) is 12.4 Å². The van der Waals surface area contributed by atoms with Crippen LogP contribution in [0.1, 0.15) is 22.2 Å². The van der Waals surface area contributed by atoms with Gasteiger partial charge in [0.05, 0.1) is 0 Å². The molecule has 3 rings (SSSR count). The summed E-state index contributed by atoms with van der Waals surface area (Å²) < 4.78 is 1.08. The van der Waals surface area contributed by atoms with E-state index in [9.17, 15) is 9.90 Å². The molecule has 0 saturated carbocycles. The molecule has 1 aromatic carbocycles. The van der Waals surface area contributed by atoms with Gasteiger partial charge in [0, 0.05) is 42.0 Å². The minimum Gasteiger partial charge on any atom is -0.477 e.